The van der Waals surface area contributed by atoms with Crippen molar-refractivity contribution in [2.24, 2.45) is 0 Å². The molecule has 14 heavy (non-hydrogen) atoms. The second-order valence-electron chi connectivity index (χ2n) is 3.56. The maximum atomic E-state index is 3.56. The molecule has 1 fully saturated rings. The Labute approximate surface area is 105 Å². The van der Waals surface area contributed by atoms with Crippen LogP contribution >= 0.6 is 35.0 Å². The molecule has 0 bridgehead atoms. The monoisotopic (exact) mass is 323 g/mol. The Morgan fingerprint density at radius 3 is 2.79 bits per heavy atom. The molecule has 3 heteroatoms. The van der Waals surface area contributed by atoms with E-state index in [0.29, 0.717) is 6.04 Å². The molecule has 0 radical (unpaired) electrons. The van der Waals surface area contributed by atoms with Gasteiger partial charge in [0.2, 0.25) is 0 Å². The first kappa shape index (κ1) is 12.3. The van der Waals surface area contributed by atoms with Crippen LogP contribution in [0.15, 0.2) is 24.3 Å². The highest BCUT2D eigenvalue weighted by atomic mass is 127. The molecule has 1 saturated heterocycles. The first-order valence-electron chi connectivity index (χ1n) is 4.85. The van der Waals surface area contributed by atoms with Gasteiger partial charge in [0, 0.05) is 9.61 Å². The zero-order valence-electron chi connectivity index (χ0n) is 8.00. The number of rotatable bonds is 1. The van der Waals surface area contributed by atoms with Gasteiger partial charge in [-0.15, -0.1) is 12.4 Å². The minimum atomic E-state index is 0. The first-order chi connectivity index (χ1) is 6.36. The third-order valence-corrected chi connectivity index (χ3v) is 3.23. The highest BCUT2D eigenvalue weighted by Crippen LogP contribution is 2.23. The molecule has 0 aliphatic carbocycles. The first-order valence-corrected chi connectivity index (χ1v) is 5.93. The van der Waals surface area contributed by atoms with Gasteiger partial charge in [-0.25, -0.2) is 0 Å². The van der Waals surface area contributed by atoms with Crippen molar-refractivity contribution in [3.05, 3.63) is 33.4 Å². The molecule has 1 aromatic carbocycles. The summed E-state index contributed by atoms with van der Waals surface area (Å²) in [5.74, 6) is 0. The van der Waals surface area contributed by atoms with Crippen molar-refractivity contribution >= 4 is 35.0 Å². The lowest BCUT2D eigenvalue weighted by atomic mass is 9.98. The average molecular weight is 324 g/mol. The van der Waals surface area contributed by atoms with Gasteiger partial charge in [-0.3, -0.25) is 0 Å². The second-order valence-corrected chi connectivity index (χ2v) is 4.80. The van der Waals surface area contributed by atoms with Gasteiger partial charge < -0.3 is 5.32 Å². The lowest BCUT2D eigenvalue weighted by Gasteiger charge is -2.23. The van der Waals surface area contributed by atoms with E-state index in [4.69, 9.17) is 0 Å². The SMILES string of the molecule is Cl.Ic1cccc([C@H]2CCCCN2)c1. The number of hydrogen-bond acceptors (Lipinski definition) is 1. The number of piperidine rings is 1. The van der Waals surface area contributed by atoms with Crippen molar-refractivity contribution in [1.29, 1.82) is 0 Å². The fraction of sp³-hybridized carbons (Fsp3) is 0.455. The van der Waals surface area contributed by atoms with Crippen LogP contribution in [0.5, 0.6) is 0 Å². The molecule has 0 saturated carbocycles. The third kappa shape index (κ3) is 3.11. The normalized spacial score (nSPS) is 21.4. The summed E-state index contributed by atoms with van der Waals surface area (Å²) in [5.41, 5.74) is 1.45. The number of halogens is 2. The zero-order chi connectivity index (χ0) is 9.10. The van der Waals surface area contributed by atoms with Crippen LogP contribution in [0.1, 0.15) is 30.9 Å². The van der Waals surface area contributed by atoms with Crippen LogP contribution in [0, 0.1) is 3.57 Å². The van der Waals surface area contributed by atoms with E-state index in [2.05, 4.69) is 52.2 Å². The van der Waals surface area contributed by atoms with Crippen LogP contribution in [-0.4, -0.2) is 6.54 Å². The third-order valence-electron chi connectivity index (χ3n) is 2.56. The van der Waals surface area contributed by atoms with Gasteiger partial charge in [0.1, 0.15) is 0 Å². The summed E-state index contributed by atoms with van der Waals surface area (Å²) in [7, 11) is 0. The van der Waals surface area contributed by atoms with E-state index in [0.717, 1.165) is 0 Å². The van der Waals surface area contributed by atoms with Crippen molar-refractivity contribution in [3.63, 3.8) is 0 Å². The van der Waals surface area contributed by atoms with Gasteiger partial charge in [-0.2, -0.15) is 0 Å². The highest BCUT2D eigenvalue weighted by Gasteiger charge is 2.13. The number of benzene rings is 1. The molecule has 1 atom stereocenters. The lowest BCUT2D eigenvalue weighted by Crippen LogP contribution is -2.26. The molecule has 1 aliphatic rings. The molecule has 0 unspecified atom stereocenters. The van der Waals surface area contributed by atoms with E-state index in [9.17, 15) is 0 Å². The Hall–Kier alpha value is 0.200. The molecular weight excluding hydrogens is 308 g/mol. The largest absolute Gasteiger partial charge is 0.310 e. The summed E-state index contributed by atoms with van der Waals surface area (Å²) in [6.07, 6.45) is 3.99. The van der Waals surface area contributed by atoms with Crippen LogP contribution in [-0.2, 0) is 0 Å². The average Bonchev–Trinajstić information content (AvgIpc) is 2.19. The minimum absolute atomic E-state index is 0. The fourth-order valence-corrected chi connectivity index (χ4v) is 2.43. The summed E-state index contributed by atoms with van der Waals surface area (Å²) in [6.45, 7) is 1.18. The van der Waals surface area contributed by atoms with Crippen molar-refractivity contribution in [1.82, 2.24) is 5.32 Å². The summed E-state index contributed by atoms with van der Waals surface area (Å²) in [5, 5.41) is 3.56. The van der Waals surface area contributed by atoms with Crippen LogP contribution in [0.2, 0.25) is 0 Å². The van der Waals surface area contributed by atoms with E-state index in [-0.39, 0.29) is 12.4 Å². The molecule has 1 aromatic rings. The lowest BCUT2D eigenvalue weighted by molar-refractivity contribution is 0.412. The maximum absolute atomic E-state index is 3.56. The van der Waals surface area contributed by atoms with Crippen LogP contribution in [0.25, 0.3) is 0 Å². The molecule has 78 valence electrons. The molecule has 2 rings (SSSR count). The van der Waals surface area contributed by atoms with Gasteiger partial charge in [0.15, 0.2) is 0 Å². The molecule has 1 N–H and O–H groups in total. The van der Waals surface area contributed by atoms with Gasteiger partial charge in [0.05, 0.1) is 0 Å². The molecule has 0 spiro atoms. The van der Waals surface area contributed by atoms with Crippen molar-refractivity contribution in [3.8, 4) is 0 Å². The van der Waals surface area contributed by atoms with E-state index >= 15 is 0 Å². The minimum Gasteiger partial charge on any atom is -0.310 e. The van der Waals surface area contributed by atoms with E-state index < -0.39 is 0 Å². The standard InChI is InChI=1S/C11H14IN.ClH/c12-10-5-3-4-9(8-10)11-6-1-2-7-13-11;/h3-5,8,11,13H,1-2,6-7H2;1H/t11-;/m1./s1. The molecule has 0 amide bonds. The van der Waals surface area contributed by atoms with E-state index in [1.54, 1.807) is 0 Å². The Bertz CT molecular complexity index is 284. The predicted molar refractivity (Wildman–Crippen MR) is 71.0 cm³/mol. The summed E-state index contributed by atoms with van der Waals surface area (Å²) < 4.78 is 1.34. The molecule has 1 heterocycles. The quantitative estimate of drug-likeness (QED) is 0.780. The fourth-order valence-electron chi connectivity index (χ4n) is 1.86. The molecular formula is C11H15ClIN. The Morgan fingerprint density at radius 2 is 2.14 bits per heavy atom. The van der Waals surface area contributed by atoms with E-state index in [1.807, 2.05) is 0 Å². The Balaban J connectivity index is 0.000000980. The van der Waals surface area contributed by atoms with Crippen molar-refractivity contribution in [2.75, 3.05) is 6.54 Å². The maximum Gasteiger partial charge on any atom is 0.0320 e. The van der Waals surface area contributed by atoms with Gasteiger partial charge in [0.25, 0.3) is 0 Å². The highest BCUT2D eigenvalue weighted by molar-refractivity contribution is 14.1. The smallest absolute Gasteiger partial charge is 0.0320 e. The number of nitrogens with one attached hydrogen (secondary N) is 1. The van der Waals surface area contributed by atoms with Crippen molar-refractivity contribution < 1.29 is 0 Å². The van der Waals surface area contributed by atoms with Gasteiger partial charge in [-0.05, 0) is 59.7 Å². The van der Waals surface area contributed by atoms with Crippen LogP contribution in [0.3, 0.4) is 0 Å². The second kappa shape index (κ2) is 5.93. The molecule has 1 aliphatic heterocycles. The van der Waals surface area contributed by atoms with Crippen LogP contribution in [0.4, 0.5) is 0 Å². The summed E-state index contributed by atoms with van der Waals surface area (Å²) in [6, 6.07) is 9.40. The summed E-state index contributed by atoms with van der Waals surface area (Å²) >= 11 is 2.37. The van der Waals surface area contributed by atoms with Gasteiger partial charge in [-0.1, -0.05) is 18.6 Å². The summed E-state index contributed by atoms with van der Waals surface area (Å²) in [4.78, 5) is 0. The predicted octanol–water partition coefficient (Wildman–Crippen LogP) is 3.53. The zero-order valence-corrected chi connectivity index (χ0v) is 11.0. The molecule has 1 nitrogen and oxygen atoms in total. The van der Waals surface area contributed by atoms with Gasteiger partial charge >= 0.3 is 0 Å². The topological polar surface area (TPSA) is 12.0 Å². The van der Waals surface area contributed by atoms with Crippen LogP contribution < -0.4 is 5.32 Å². The Kier molecular flexibility index (Phi) is 5.20. The molecule has 0 aromatic heterocycles. The van der Waals surface area contributed by atoms with Crippen molar-refractivity contribution in [2.45, 2.75) is 25.3 Å². The Morgan fingerprint density at radius 1 is 1.29 bits per heavy atom. The van der Waals surface area contributed by atoms with E-state index in [1.165, 1.54) is 34.9 Å². The number of hydrogen-bond donors (Lipinski definition) is 1.